The van der Waals surface area contributed by atoms with Crippen LogP contribution in [-0.2, 0) is 6.42 Å². The average molecular weight is 284 g/mol. The first kappa shape index (κ1) is 14.7. The van der Waals surface area contributed by atoms with Crippen LogP contribution in [0.1, 0.15) is 5.56 Å². The first-order valence-corrected chi connectivity index (χ1v) is 10.2. The molecule has 0 atom stereocenters. The van der Waals surface area contributed by atoms with E-state index in [0.29, 0.717) is 0 Å². The van der Waals surface area contributed by atoms with Gasteiger partial charge in [0.25, 0.3) is 0 Å². The van der Waals surface area contributed by atoms with Gasteiger partial charge in [-0.25, -0.2) is 4.39 Å². The van der Waals surface area contributed by atoms with E-state index >= 15 is 0 Å². The first-order chi connectivity index (χ1) is 9.58. The van der Waals surface area contributed by atoms with E-state index in [1.807, 2.05) is 18.2 Å². The lowest BCUT2D eigenvalue weighted by Gasteiger charge is -2.21. The van der Waals surface area contributed by atoms with E-state index in [0.717, 1.165) is 12.5 Å². The highest BCUT2D eigenvalue weighted by molar-refractivity contribution is 6.90. The van der Waals surface area contributed by atoms with E-state index in [4.69, 9.17) is 0 Å². The number of halogens is 1. The molecule has 104 valence electrons. The second-order valence-corrected chi connectivity index (χ2v) is 10.5. The molecule has 20 heavy (non-hydrogen) atoms. The van der Waals surface area contributed by atoms with Crippen LogP contribution in [0.25, 0.3) is 0 Å². The van der Waals surface area contributed by atoms with Gasteiger partial charge in [0, 0.05) is 0 Å². The molecule has 0 spiro atoms. The lowest BCUT2D eigenvalue weighted by molar-refractivity contribution is 0.628. The van der Waals surface area contributed by atoms with Crippen molar-refractivity contribution < 1.29 is 4.39 Å². The molecule has 0 saturated carbocycles. The quantitative estimate of drug-likeness (QED) is 0.558. The zero-order valence-electron chi connectivity index (χ0n) is 12.1. The summed E-state index contributed by atoms with van der Waals surface area (Å²) >= 11 is 0. The van der Waals surface area contributed by atoms with E-state index in [-0.39, 0.29) is 5.82 Å². The minimum atomic E-state index is -1.49. The van der Waals surface area contributed by atoms with E-state index in [9.17, 15) is 4.39 Å². The Morgan fingerprint density at radius 1 is 0.900 bits per heavy atom. The van der Waals surface area contributed by atoms with E-state index in [1.54, 1.807) is 12.1 Å². The van der Waals surface area contributed by atoms with Crippen LogP contribution in [0, 0.1) is 5.82 Å². The van der Waals surface area contributed by atoms with E-state index < -0.39 is 8.07 Å². The number of allylic oxidation sites excluding steroid dienone is 2. The predicted octanol–water partition coefficient (Wildman–Crippen LogP) is 4.54. The summed E-state index contributed by atoms with van der Waals surface area (Å²) in [7, 11) is -1.49. The first-order valence-electron chi connectivity index (χ1n) is 7.03. The van der Waals surface area contributed by atoms with Crippen LogP contribution < -0.4 is 5.19 Å². The fourth-order valence-electron chi connectivity index (χ4n) is 2.23. The Morgan fingerprint density at radius 2 is 1.55 bits per heavy atom. The van der Waals surface area contributed by atoms with Gasteiger partial charge in [-0.1, -0.05) is 72.9 Å². The number of rotatable bonds is 5. The van der Waals surface area contributed by atoms with Crippen LogP contribution in [-0.4, -0.2) is 8.07 Å². The monoisotopic (exact) mass is 284 g/mol. The molecule has 0 aromatic heterocycles. The molecule has 2 aromatic rings. The van der Waals surface area contributed by atoms with E-state index in [2.05, 4.69) is 49.5 Å². The maximum Gasteiger partial charge on any atom is 0.123 e. The summed E-state index contributed by atoms with van der Waals surface area (Å²) in [4.78, 5) is 0. The number of benzene rings is 2. The van der Waals surface area contributed by atoms with Gasteiger partial charge in [0.1, 0.15) is 5.82 Å². The highest BCUT2D eigenvalue weighted by Gasteiger charge is 2.21. The van der Waals surface area contributed by atoms with Gasteiger partial charge in [-0.15, -0.1) is 0 Å². The zero-order valence-corrected chi connectivity index (χ0v) is 13.1. The van der Waals surface area contributed by atoms with Crippen molar-refractivity contribution >= 4 is 13.3 Å². The molecule has 0 N–H and O–H groups in total. The summed E-state index contributed by atoms with van der Waals surface area (Å²) in [5.74, 6) is -0.154. The zero-order chi connectivity index (χ0) is 14.4. The molecule has 2 rings (SSSR count). The lowest BCUT2D eigenvalue weighted by atomic mass is 10.1. The van der Waals surface area contributed by atoms with Gasteiger partial charge in [-0.2, -0.15) is 0 Å². The highest BCUT2D eigenvalue weighted by Crippen LogP contribution is 2.12. The topological polar surface area (TPSA) is 0 Å². The SMILES string of the molecule is C[Si](C)(CC=CCc1ccccc1)c1ccc(F)cc1. The minimum Gasteiger partial charge on any atom is -0.207 e. The Bertz CT molecular complexity index is 556. The molecule has 0 aliphatic rings. The summed E-state index contributed by atoms with van der Waals surface area (Å²) in [5, 5.41) is 1.31. The number of hydrogen-bond acceptors (Lipinski definition) is 0. The second-order valence-electron chi connectivity index (χ2n) is 5.76. The Balaban J connectivity index is 1.93. The van der Waals surface area contributed by atoms with Crippen molar-refractivity contribution in [1.29, 1.82) is 0 Å². The van der Waals surface area contributed by atoms with Crippen molar-refractivity contribution in [3.8, 4) is 0 Å². The largest absolute Gasteiger partial charge is 0.207 e. The van der Waals surface area contributed by atoms with Crippen LogP contribution in [0.15, 0.2) is 66.7 Å². The van der Waals surface area contributed by atoms with Crippen LogP contribution >= 0.6 is 0 Å². The molecule has 0 saturated heterocycles. The highest BCUT2D eigenvalue weighted by atomic mass is 28.3. The Kier molecular flexibility index (Phi) is 4.91. The maximum atomic E-state index is 13.0. The normalized spacial score (nSPS) is 11.9. The van der Waals surface area contributed by atoms with Crippen molar-refractivity contribution in [3.63, 3.8) is 0 Å². The van der Waals surface area contributed by atoms with Crippen molar-refractivity contribution in [2.45, 2.75) is 25.6 Å². The molecular formula is C18H21FSi. The summed E-state index contributed by atoms with van der Waals surface area (Å²) < 4.78 is 13.0. The Labute approximate surface area is 122 Å². The Hall–Kier alpha value is -1.67. The smallest absolute Gasteiger partial charge is 0.123 e. The van der Waals surface area contributed by atoms with Crippen LogP contribution in [0.4, 0.5) is 4.39 Å². The maximum absolute atomic E-state index is 13.0. The predicted molar refractivity (Wildman–Crippen MR) is 87.6 cm³/mol. The Morgan fingerprint density at radius 3 is 2.20 bits per heavy atom. The molecule has 0 bridgehead atoms. The van der Waals surface area contributed by atoms with Gasteiger partial charge < -0.3 is 0 Å². The van der Waals surface area contributed by atoms with Crippen LogP contribution in [0.2, 0.25) is 19.1 Å². The molecule has 0 amide bonds. The molecule has 0 radical (unpaired) electrons. The minimum absolute atomic E-state index is 0.154. The third kappa shape index (κ3) is 4.17. The van der Waals surface area contributed by atoms with E-state index in [1.165, 1.54) is 10.8 Å². The molecule has 0 nitrogen and oxygen atoms in total. The standard InChI is InChI=1S/C18H21FSi/c1-20(2,18-13-11-17(19)12-14-18)15-7-6-10-16-8-4-3-5-9-16/h3-9,11-14H,10,15H2,1-2H3. The molecule has 0 heterocycles. The molecule has 0 unspecified atom stereocenters. The van der Waals surface area contributed by atoms with Gasteiger partial charge in [0.2, 0.25) is 0 Å². The molecule has 2 heteroatoms. The summed E-state index contributed by atoms with van der Waals surface area (Å²) in [6, 6.07) is 18.6. The van der Waals surface area contributed by atoms with Gasteiger partial charge in [-0.05, 0) is 30.2 Å². The average Bonchev–Trinajstić information content (AvgIpc) is 2.45. The van der Waals surface area contributed by atoms with Crippen molar-refractivity contribution in [2.24, 2.45) is 0 Å². The molecule has 0 fully saturated rings. The van der Waals surface area contributed by atoms with Gasteiger partial charge in [0.05, 0.1) is 8.07 Å². The second kappa shape index (κ2) is 6.66. The van der Waals surface area contributed by atoms with Crippen LogP contribution in [0.3, 0.4) is 0 Å². The molecule has 0 aliphatic heterocycles. The van der Waals surface area contributed by atoms with Crippen molar-refractivity contribution in [1.82, 2.24) is 0 Å². The fourth-order valence-corrected chi connectivity index (χ4v) is 4.29. The summed E-state index contributed by atoms with van der Waals surface area (Å²) in [6.07, 6.45) is 5.50. The summed E-state index contributed by atoms with van der Waals surface area (Å²) in [5.41, 5.74) is 1.34. The number of hydrogen-bond donors (Lipinski definition) is 0. The van der Waals surface area contributed by atoms with Crippen LogP contribution in [0.5, 0.6) is 0 Å². The third-order valence-electron chi connectivity index (χ3n) is 3.62. The van der Waals surface area contributed by atoms with Gasteiger partial charge in [-0.3, -0.25) is 0 Å². The van der Waals surface area contributed by atoms with Crippen molar-refractivity contribution in [3.05, 3.63) is 78.1 Å². The van der Waals surface area contributed by atoms with Crippen molar-refractivity contribution in [2.75, 3.05) is 0 Å². The van der Waals surface area contributed by atoms with Gasteiger partial charge >= 0.3 is 0 Å². The molecule has 2 aromatic carbocycles. The third-order valence-corrected chi connectivity index (χ3v) is 6.77. The fraction of sp³-hybridized carbons (Fsp3) is 0.222. The molecule has 0 aliphatic carbocycles. The summed E-state index contributed by atoms with van der Waals surface area (Å²) in [6.45, 7) is 4.65. The van der Waals surface area contributed by atoms with Gasteiger partial charge in [0.15, 0.2) is 0 Å². The molecular weight excluding hydrogens is 263 g/mol. The lowest BCUT2D eigenvalue weighted by Crippen LogP contribution is -2.40.